The van der Waals surface area contributed by atoms with Gasteiger partial charge in [0.25, 0.3) is 0 Å². The van der Waals surface area contributed by atoms with Crippen LogP contribution in [0.15, 0.2) is 46.9 Å². The molecule has 0 unspecified atom stereocenters. The van der Waals surface area contributed by atoms with E-state index in [1.165, 1.54) is 6.08 Å². The molecule has 1 aromatic carbocycles. The van der Waals surface area contributed by atoms with Crippen LogP contribution in [0, 0.1) is 6.92 Å². The van der Waals surface area contributed by atoms with Gasteiger partial charge in [-0.15, -0.1) is 0 Å². The Balaban J connectivity index is 1.93. The van der Waals surface area contributed by atoms with Crippen molar-refractivity contribution in [2.45, 2.75) is 6.92 Å². The van der Waals surface area contributed by atoms with Gasteiger partial charge >= 0.3 is 0 Å². The van der Waals surface area contributed by atoms with Crippen molar-refractivity contribution in [3.05, 3.63) is 59.8 Å². The largest absolute Gasteiger partial charge is 0.462 e. The van der Waals surface area contributed by atoms with Crippen LogP contribution in [-0.2, 0) is 7.05 Å². The van der Waals surface area contributed by atoms with Crippen molar-refractivity contribution in [3.8, 4) is 0 Å². The van der Waals surface area contributed by atoms with E-state index in [9.17, 15) is 4.79 Å². The normalized spacial score (nSPS) is 11.5. The van der Waals surface area contributed by atoms with Crippen LogP contribution in [0.1, 0.15) is 22.1 Å². The molecule has 0 saturated heterocycles. The third-order valence-corrected chi connectivity index (χ3v) is 3.17. The predicted molar refractivity (Wildman–Crippen MR) is 77.5 cm³/mol. The van der Waals surface area contributed by atoms with Crippen LogP contribution in [0.2, 0.25) is 0 Å². The first-order valence-electron chi connectivity index (χ1n) is 6.35. The number of fused-ring (bicyclic) bond motifs is 1. The molecule has 20 heavy (non-hydrogen) atoms. The van der Waals surface area contributed by atoms with E-state index in [1.54, 1.807) is 10.6 Å². The minimum atomic E-state index is -0.141. The van der Waals surface area contributed by atoms with E-state index in [4.69, 9.17) is 4.42 Å². The van der Waals surface area contributed by atoms with Crippen molar-refractivity contribution in [2.75, 3.05) is 0 Å². The van der Waals surface area contributed by atoms with Crippen LogP contribution in [0.25, 0.3) is 17.1 Å². The van der Waals surface area contributed by atoms with Crippen LogP contribution in [-0.4, -0.2) is 15.3 Å². The summed E-state index contributed by atoms with van der Waals surface area (Å²) in [6.07, 6.45) is 3.15. The Morgan fingerprint density at radius 1 is 1.25 bits per heavy atom. The number of allylic oxidation sites excluding steroid dienone is 1. The van der Waals surface area contributed by atoms with Gasteiger partial charge in [-0.05, 0) is 43.3 Å². The number of hydrogen-bond donors (Lipinski definition) is 0. The minimum Gasteiger partial charge on any atom is -0.462 e. The molecule has 0 N–H and O–H groups in total. The maximum Gasteiger partial charge on any atom is 0.221 e. The van der Waals surface area contributed by atoms with Crippen LogP contribution >= 0.6 is 0 Å². The number of hydrogen-bond acceptors (Lipinski definition) is 3. The average Bonchev–Trinajstić information content (AvgIpc) is 3.01. The molecule has 3 rings (SSSR count). The van der Waals surface area contributed by atoms with Gasteiger partial charge in [0.2, 0.25) is 5.78 Å². The maximum atomic E-state index is 12.2. The lowest BCUT2D eigenvalue weighted by atomic mass is 10.3. The molecule has 0 aliphatic heterocycles. The summed E-state index contributed by atoms with van der Waals surface area (Å²) in [6, 6.07) is 11.4. The molecule has 100 valence electrons. The first-order chi connectivity index (χ1) is 9.65. The molecule has 4 nitrogen and oxygen atoms in total. The number of aryl methyl sites for hydroxylation is 2. The highest BCUT2D eigenvalue weighted by Crippen LogP contribution is 2.15. The third kappa shape index (κ3) is 2.16. The highest BCUT2D eigenvalue weighted by molar-refractivity contribution is 6.06. The maximum absolute atomic E-state index is 12.2. The van der Waals surface area contributed by atoms with E-state index in [0.29, 0.717) is 11.6 Å². The van der Waals surface area contributed by atoms with Crippen LogP contribution in [0.3, 0.4) is 0 Å². The molecule has 3 aromatic rings. The second kappa shape index (κ2) is 4.81. The standard InChI is InChI=1S/C16H14N2O2/c1-11-7-8-12(20-11)9-10-15(19)16-17-13-5-3-4-6-14(13)18(16)2/h3-10H,1-2H3. The summed E-state index contributed by atoms with van der Waals surface area (Å²) in [4.78, 5) is 16.6. The van der Waals surface area contributed by atoms with Crippen molar-refractivity contribution in [3.63, 3.8) is 0 Å². The summed E-state index contributed by atoms with van der Waals surface area (Å²) in [5.41, 5.74) is 1.76. The van der Waals surface area contributed by atoms with Crippen molar-refractivity contribution in [2.24, 2.45) is 7.05 Å². The molecule has 0 bridgehead atoms. The van der Waals surface area contributed by atoms with Gasteiger partial charge in [0.15, 0.2) is 5.82 Å². The summed E-state index contributed by atoms with van der Waals surface area (Å²) in [7, 11) is 1.84. The van der Waals surface area contributed by atoms with E-state index in [2.05, 4.69) is 4.98 Å². The zero-order valence-corrected chi connectivity index (χ0v) is 11.3. The number of para-hydroxylation sites is 2. The van der Waals surface area contributed by atoms with E-state index in [-0.39, 0.29) is 5.78 Å². The third-order valence-electron chi connectivity index (χ3n) is 3.17. The molecule has 2 aromatic heterocycles. The van der Waals surface area contributed by atoms with Gasteiger partial charge in [-0.25, -0.2) is 4.98 Å². The number of carbonyl (C=O) groups is 1. The number of imidazole rings is 1. The van der Waals surface area contributed by atoms with Gasteiger partial charge in [-0.1, -0.05) is 12.1 Å². The molecule has 0 spiro atoms. The lowest BCUT2D eigenvalue weighted by molar-refractivity contribution is 0.103. The molecule has 0 saturated carbocycles. The van der Waals surface area contributed by atoms with Crippen LogP contribution < -0.4 is 0 Å². The molecule has 2 heterocycles. The average molecular weight is 266 g/mol. The van der Waals surface area contributed by atoms with Crippen molar-refractivity contribution in [1.82, 2.24) is 9.55 Å². The molecule has 0 aliphatic carbocycles. The lowest BCUT2D eigenvalue weighted by Gasteiger charge is -1.97. The topological polar surface area (TPSA) is 48.0 Å². The lowest BCUT2D eigenvalue weighted by Crippen LogP contribution is -2.04. The Morgan fingerprint density at radius 3 is 2.75 bits per heavy atom. The number of rotatable bonds is 3. The van der Waals surface area contributed by atoms with Gasteiger partial charge in [-0.2, -0.15) is 0 Å². The van der Waals surface area contributed by atoms with Crippen LogP contribution in [0.4, 0.5) is 0 Å². The molecule has 0 radical (unpaired) electrons. The first kappa shape index (κ1) is 12.4. The van der Waals surface area contributed by atoms with Crippen molar-refractivity contribution < 1.29 is 9.21 Å². The summed E-state index contributed by atoms with van der Waals surface area (Å²) in [6.45, 7) is 1.87. The van der Waals surface area contributed by atoms with Gasteiger partial charge in [0, 0.05) is 7.05 Å². The van der Waals surface area contributed by atoms with E-state index in [0.717, 1.165) is 16.8 Å². The molecular formula is C16H14N2O2. The summed E-state index contributed by atoms with van der Waals surface area (Å²) < 4.78 is 7.19. The Bertz CT molecular complexity index is 809. The SMILES string of the molecule is Cc1ccc(C=CC(=O)c2nc3ccccc3n2C)o1. The van der Waals surface area contributed by atoms with Gasteiger partial charge in [0.05, 0.1) is 11.0 Å². The zero-order valence-electron chi connectivity index (χ0n) is 11.3. The van der Waals surface area contributed by atoms with Crippen molar-refractivity contribution in [1.29, 1.82) is 0 Å². The highest BCUT2D eigenvalue weighted by atomic mass is 16.3. The highest BCUT2D eigenvalue weighted by Gasteiger charge is 2.12. The molecule has 0 atom stereocenters. The quantitative estimate of drug-likeness (QED) is 0.539. The Hall–Kier alpha value is -2.62. The second-order valence-corrected chi connectivity index (χ2v) is 4.63. The first-order valence-corrected chi connectivity index (χ1v) is 6.35. The predicted octanol–water partition coefficient (Wildman–Crippen LogP) is 3.37. The molecule has 0 fully saturated rings. The second-order valence-electron chi connectivity index (χ2n) is 4.63. The van der Waals surface area contributed by atoms with E-state index >= 15 is 0 Å². The number of furan rings is 1. The number of benzene rings is 1. The summed E-state index contributed by atoms with van der Waals surface area (Å²) in [5, 5.41) is 0. The number of carbonyl (C=O) groups excluding carboxylic acids is 1. The Labute approximate surface area is 116 Å². The molecule has 0 amide bonds. The fraction of sp³-hybridized carbons (Fsp3) is 0.125. The minimum absolute atomic E-state index is 0.141. The number of ketones is 1. The molecular weight excluding hydrogens is 252 g/mol. The monoisotopic (exact) mass is 266 g/mol. The Morgan fingerprint density at radius 2 is 2.05 bits per heavy atom. The fourth-order valence-electron chi connectivity index (χ4n) is 2.14. The number of aromatic nitrogens is 2. The van der Waals surface area contributed by atoms with Crippen molar-refractivity contribution >= 4 is 22.9 Å². The van der Waals surface area contributed by atoms with Gasteiger partial charge in [0.1, 0.15) is 11.5 Å². The Kier molecular flexibility index (Phi) is 2.99. The van der Waals surface area contributed by atoms with Gasteiger partial charge < -0.3 is 8.98 Å². The fourth-order valence-corrected chi connectivity index (χ4v) is 2.14. The van der Waals surface area contributed by atoms with Gasteiger partial charge in [-0.3, -0.25) is 4.79 Å². The summed E-state index contributed by atoms with van der Waals surface area (Å²) >= 11 is 0. The summed E-state index contributed by atoms with van der Waals surface area (Å²) in [5.74, 6) is 1.76. The van der Waals surface area contributed by atoms with E-state index in [1.807, 2.05) is 50.4 Å². The number of nitrogens with zero attached hydrogens (tertiary/aromatic N) is 2. The smallest absolute Gasteiger partial charge is 0.221 e. The molecule has 0 aliphatic rings. The molecule has 4 heteroatoms. The zero-order chi connectivity index (χ0) is 14.1. The van der Waals surface area contributed by atoms with Crippen LogP contribution in [0.5, 0.6) is 0 Å². The van der Waals surface area contributed by atoms with E-state index < -0.39 is 0 Å².